The third-order valence-electron chi connectivity index (χ3n) is 3.70. The number of rotatable bonds is 4. The topological polar surface area (TPSA) is 83.9 Å². The first-order chi connectivity index (χ1) is 9.77. The second-order valence-corrected chi connectivity index (χ2v) is 7.17. The molecule has 1 aromatic rings. The summed E-state index contributed by atoms with van der Waals surface area (Å²) in [5.41, 5.74) is 1.51. The highest BCUT2D eigenvalue weighted by Crippen LogP contribution is 2.33. The molecule has 0 bridgehead atoms. The van der Waals surface area contributed by atoms with E-state index in [-0.39, 0.29) is 18.0 Å². The molecule has 1 N–H and O–H groups in total. The minimum atomic E-state index is -3.75. The summed E-state index contributed by atoms with van der Waals surface area (Å²) in [6.07, 6.45) is 0.335. The van der Waals surface area contributed by atoms with E-state index < -0.39 is 21.9 Å². The predicted molar refractivity (Wildman–Crippen MR) is 77.0 cm³/mol. The number of ether oxygens (including phenoxy) is 1. The summed E-state index contributed by atoms with van der Waals surface area (Å²) in [5.74, 6) is -1.30. The summed E-state index contributed by atoms with van der Waals surface area (Å²) >= 11 is 0. The van der Waals surface area contributed by atoms with Crippen molar-refractivity contribution in [1.82, 2.24) is 4.31 Å². The Morgan fingerprint density at radius 1 is 1.38 bits per heavy atom. The molecule has 21 heavy (non-hydrogen) atoms. The van der Waals surface area contributed by atoms with Crippen LogP contribution in [0.5, 0.6) is 5.75 Å². The molecule has 2 rings (SSSR count). The average Bonchev–Trinajstić information content (AvgIpc) is 2.87. The fourth-order valence-corrected chi connectivity index (χ4v) is 4.52. The molecule has 1 aromatic carbocycles. The Kier molecular flexibility index (Phi) is 4.25. The third kappa shape index (κ3) is 2.89. The molecule has 0 saturated carbocycles. The predicted octanol–water partition coefficient (Wildman–Crippen LogP) is 1.41. The van der Waals surface area contributed by atoms with Gasteiger partial charge in [0.2, 0.25) is 10.0 Å². The van der Waals surface area contributed by atoms with Gasteiger partial charge >= 0.3 is 5.97 Å². The van der Waals surface area contributed by atoms with E-state index in [0.29, 0.717) is 17.7 Å². The second-order valence-electron chi connectivity index (χ2n) is 5.30. The summed E-state index contributed by atoms with van der Waals surface area (Å²) in [6, 6.07) is 3.45. The Morgan fingerprint density at radius 3 is 2.57 bits per heavy atom. The molecule has 1 fully saturated rings. The molecular formula is C14H19NO5S. The Bertz CT molecular complexity index is 668. The Morgan fingerprint density at radius 2 is 2.05 bits per heavy atom. The summed E-state index contributed by atoms with van der Waals surface area (Å²) in [7, 11) is -2.32. The van der Waals surface area contributed by atoms with Crippen LogP contribution >= 0.6 is 0 Å². The molecular weight excluding hydrogens is 294 g/mol. The van der Waals surface area contributed by atoms with Gasteiger partial charge in [-0.15, -0.1) is 0 Å². The number of sulfonamides is 1. The quantitative estimate of drug-likeness (QED) is 0.908. The van der Waals surface area contributed by atoms with Crippen molar-refractivity contribution >= 4 is 16.0 Å². The number of carbonyl (C=O) groups is 1. The summed E-state index contributed by atoms with van der Waals surface area (Å²) in [4.78, 5) is 11.1. The molecule has 1 aliphatic rings. The van der Waals surface area contributed by atoms with Gasteiger partial charge in [0.15, 0.2) is 0 Å². The van der Waals surface area contributed by atoms with Gasteiger partial charge in [0.25, 0.3) is 0 Å². The fourth-order valence-electron chi connectivity index (χ4n) is 2.67. The van der Waals surface area contributed by atoms with Gasteiger partial charge in [-0.2, -0.15) is 4.31 Å². The van der Waals surface area contributed by atoms with Gasteiger partial charge in [-0.3, -0.25) is 4.79 Å². The normalized spacial score (nSPS) is 19.7. The summed E-state index contributed by atoms with van der Waals surface area (Å²) in [6.45, 7) is 3.80. The minimum absolute atomic E-state index is 0.00807. The molecule has 0 radical (unpaired) electrons. The largest absolute Gasteiger partial charge is 0.495 e. The lowest BCUT2D eigenvalue weighted by Crippen LogP contribution is -2.31. The van der Waals surface area contributed by atoms with Crippen molar-refractivity contribution in [2.75, 3.05) is 20.2 Å². The lowest BCUT2D eigenvalue weighted by Gasteiger charge is -2.20. The van der Waals surface area contributed by atoms with Gasteiger partial charge in [-0.1, -0.05) is 6.07 Å². The first kappa shape index (κ1) is 15.8. The van der Waals surface area contributed by atoms with Gasteiger partial charge in [-0.05, 0) is 37.5 Å². The third-order valence-corrected chi connectivity index (χ3v) is 5.75. The Labute approximate surface area is 124 Å². The molecule has 0 amide bonds. The van der Waals surface area contributed by atoms with Gasteiger partial charge in [0, 0.05) is 13.1 Å². The number of aliphatic carboxylic acids is 1. The number of hydrogen-bond donors (Lipinski definition) is 1. The number of hydrogen-bond acceptors (Lipinski definition) is 4. The molecule has 0 aromatic heterocycles. The monoisotopic (exact) mass is 313 g/mol. The smallest absolute Gasteiger partial charge is 0.307 e. The van der Waals surface area contributed by atoms with Gasteiger partial charge < -0.3 is 9.84 Å². The zero-order valence-electron chi connectivity index (χ0n) is 12.3. The maximum Gasteiger partial charge on any atom is 0.307 e. The van der Waals surface area contributed by atoms with Crippen LogP contribution in [0, 0.1) is 19.8 Å². The molecule has 1 saturated heterocycles. The van der Waals surface area contributed by atoms with E-state index in [0.717, 1.165) is 5.56 Å². The molecule has 116 valence electrons. The lowest BCUT2D eigenvalue weighted by molar-refractivity contribution is -0.141. The lowest BCUT2D eigenvalue weighted by atomic mass is 10.1. The van der Waals surface area contributed by atoms with Gasteiger partial charge in [-0.25, -0.2) is 8.42 Å². The molecule has 0 spiro atoms. The van der Waals surface area contributed by atoms with Crippen molar-refractivity contribution in [1.29, 1.82) is 0 Å². The number of benzene rings is 1. The van der Waals surface area contributed by atoms with E-state index in [2.05, 4.69) is 0 Å². The Balaban J connectivity index is 2.44. The number of carboxylic acids is 1. The highest BCUT2D eigenvalue weighted by molar-refractivity contribution is 7.89. The number of methoxy groups -OCH3 is 1. The van der Waals surface area contributed by atoms with Crippen LogP contribution in [0.4, 0.5) is 0 Å². The highest BCUT2D eigenvalue weighted by Gasteiger charge is 2.37. The first-order valence-electron chi connectivity index (χ1n) is 6.65. The van der Waals surface area contributed by atoms with Crippen LogP contribution < -0.4 is 4.74 Å². The van der Waals surface area contributed by atoms with E-state index in [1.165, 1.54) is 11.4 Å². The number of nitrogens with zero attached hydrogens (tertiary/aromatic N) is 1. The molecule has 1 heterocycles. The van der Waals surface area contributed by atoms with Crippen molar-refractivity contribution < 1.29 is 23.1 Å². The van der Waals surface area contributed by atoms with Crippen LogP contribution in [0.1, 0.15) is 17.5 Å². The standard InChI is InChI=1S/C14H19NO5S/c1-9-6-10(2)13(12(7-9)20-3)21(18,19)15-5-4-11(8-15)14(16)17/h6-7,11H,4-5,8H2,1-3H3,(H,16,17). The molecule has 7 heteroatoms. The molecule has 6 nitrogen and oxygen atoms in total. The summed E-state index contributed by atoms with van der Waals surface area (Å²) < 4.78 is 32.0. The van der Waals surface area contributed by atoms with Crippen molar-refractivity contribution in [3.05, 3.63) is 23.3 Å². The van der Waals surface area contributed by atoms with E-state index >= 15 is 0 Å². The van der Waals surface area contributed by atoms with Crippen LogP contribution in [0.2, 0.25) is 0 Å². The van der Waals surface area contributed by atoms with Crippen LogP contribution in [-0.2, 0) is 14.8 Å². The molecule has 0 aliphatic carbocycles. The average molecular weight is 313 g/mol. The number of carboxylic acid groups (broad SMARTS) is 1. The Hall–Kier alpha value is -1.60. The van der Waals surface area contributed by atoms with E-state index in [1.807, 2.05) is 6.92 Å². The molecule has 1 unspecified atom stereocenters. The fraction of sp³-hybridized carbons (Fsp3) is 0.500. The van der Waals surface area contributed by atoms with E-state index in [4.69, 9.17) is 9.84 Å². The maximum atomic E-state index is 12.8. The first-order valence-corrected chi connectivity index (χ1v) is 8.09. The zero-order valence-corrected chi connectivity index (χ0v) is 13.1. The molecule has 1 atom stereocenters. The van der Waals surface area contributed by atoms with Crippen LogP contribution in [0.3, 0.4) is 0 Å². The van der Waals surface area contributed by atoms with Gasteiger partial charge in [0.1, 0.15) is 10.6 Å². The van der Waals surface area contributed by atoms with Crippen LogP contribution in [0.25, 0.3) is 0 Å². The summed E-state index contributed by atoms with van der Waals surface area (Å²) in [5, 5.41) is 9.01. The second kappa shape index (κ2) is 5.65. The highest BCUT2D eigenvalue weighted by atomic mass is 32.2. The minimum Gasteiger partial charge on any atom is -0.495 e. The maximum absolute atomic E-state index is 12.8. The number of aryl methyl sites for hydroxylation is 2. The van der Waals surface area contributed by atoms with Crippen LogP contribution in [-0.4, -0.2) is 44.0 Å². The van der Waals surface area contributed by atoms with Gasteiger partial charge in [0.05, 0.1) is 13.0 Å². The van der Waals surface area contributed by atoms with Crippen molar-refractivity contribution in [3.63, 3.8) is 0 Å². The van der Waals surface area contributed by atoms with E-state index in [1.54, 1.807) is 19.1 Å². The molecule has 1 aliphatic heterocycles. The SMILES string of the molecule is COc1cc(C)cc(C)c1S(=O)(=O)N1CCC(C(=O)O)C1. The van der Waals surface area contributed by atoms with Crippen LogP contribution in [0.15, 0.2) is 17.0 Å². The van der Waals surface area contributed by atoms with Crippen molar-refractivity contribution in [2.45, 2.75) is 25.2 Å². The zero-order chi connectivity index (χ0) is 15.8. The van der Waals surface area contributed by atoms with Crippen molar-refractivity contribution in [3.8, 4) is 5.75 Å². The van der Waals surface area contributed by atoms with Crippen molar-refractivity contribution in [2.24, 2.45) is 5.92 Å². The van der Waals surface area contributed by atoms with E-state index in [9.17, 15) is 13.2 Å².